The van der Waals surface area contributed by atoms with Crippen LogP contribution in [0.4, 0.5) is 5.69 Å². The Kier molecular flexibility index (Phi) is 5.37. The molecule has 0 saturated carbocycles. The molecule has 0 amide bonds. The molecule has 3 N–H and O–H groups in total. The number of amidine groups is 2. The Morgan fingerprint density at radius 1 is 0.893 bits per heavy atom. The van der Waals surface area contributed by atoms with Crippen LogP contribution in [-0.2, 0) is 0 Å². The van der Waals surface area contributed by atoms with Gasteiger partial charge >= 0.3 is 0 Å². The van der Waals surface area contributed by atoms with Crippen LogP contribution in [0.1, 0.15) is 33.4 Å². The summed E-state index contributed by atoms with van der Waals surface area (Å²) in [6.45, 7) is 5.89. The van der Waals surface area contributed by atoms with Crippen LogP contribution < -0.4 is 5.73 Å². The molecule has 0 aliphatic carbocycles. The normalized spacial score (nSPS) is 11.5. The third kappa shape index (κ3) is 3.56. The third-order valence-corrected chi connectivity index (χ3v) is 4.78. The Morgan fingerprint density at radius 3 is 2.04 bits per heavy atom. The number of nitriles is 1. The number of benzene rings is 3. The molecule has 3 aromatic carbocycles. The fourth-order valence-electron chi connectivity index (χ4n) is 3.43. The molecule has 0 spiro atoms. The second-order valence-electron chi connectivity index (χ2n) is 6.82. The summed E-state index contributed by atoms with van der Waals surface area (Å²) >= 11 is 0. The molecular formula is C24H23N4+. The lowest BCUT2D eigenvalue weighted by Crippen LogP contribution is -2.32. The van der Waals surface area contributed by atoms with E-state index in [1.165, 1.54) is 0 Å². The Balaban J connectivity index is 2.34. The van der Waals surface area contributed by atoms with Crippen molar-refractivity contribution < 1.29 is 4.58 Å². The van der Waals surface area contributed by atoms with Crippen molar-refractivity contribution in [3.8, 4) is 6.07 Å². The van der Waals surface area contributed by atoms with E-state index in [0.717, 1.165) is 33.5 Å². The van der Waals surface area contributed by atoms with E-state index in [9.17, 15) is 5.26 Å². The average molecular weight is 367 g/mol. The highest BCUT2D eigenvalue weighted by molar-refractivity contribution is 6.03. The molecule has 0 radical (unpaired) electrons. The largest absolute Gasteiger partial charge is 0.318 e. The van der Waals surface area contributed by atoms with Gasteiger partial charge in [0.1, 0.15) is 5.69 Å². The highest BCUT2D eigenvalue weighted by Gasteiger charge is 2.24. The lowest BCUT2D eigenvalue weighted by molar-refractivity contribution is -0.308. The fraction of sp³-hybridized carbons (Fsp3) is 0.125. The molecular weight excluding hydrogens is 344 g/mol. The van der Waals surface area contributed by atoms with Gasteiger partial charge in [-0.3, -0.25) is 0 Å². The van der Waals surface area contributed by atoms with E-state index < -0.39 is 0 Å². The van der Waals surface area contributed by atoms with Gasteiger partial charge in [0.2, 0.25) is 5.84 Å². The van der Waals surface area contributed by atoms with Crippen molar-refractivity contribution in [1.82, 2.24) is 0 Å². The molecule has 138 valence electrons. The summed E-state index contributed by atoms with van der Waals surface area (Å²) in [6.07, 6.45) is 0. The molecule has 4 heteroatoms. The predicted octanol–water partition coefficient (Wildman–Crippen LogP) is 4.56. The van der Waals surface area contributed by atoms with E-state index in [4.69, 9.17) is 11.1 Å². The van der Waals surface area contributed by atoms with Crippen LogP contribution in [0.25, 0.3) is 0 Å². The highest BCUT2D eigenvalue weighted by atomic mass is 15.1. The second kappa shape index (κ2) is 7.89. The topological polar surface area (TPSA) is 76.7 Å². The number of hydrogen-bond donors (Lipinski definition) is 2. The molecule has 3 aromatic rings. The van der Waals surface area contributed by atoms with Crippen LogP contribution in [0.15, 0.2) is 66.7 Å². The van der Waals surface area contributed by atoms with Gasteiger partial charge in [-0.25, -0.2) is 0 Å². The maximum Gasteiger partial charge on any atom is 0.266 e. The zero-order valence-corrected chi connectivity index (χ0v) is 16.3. The van der Waals surface area contributed by atoms with Crippen LogP contribution in [0, 0.1) is 37.5 Å². The minimum Gasteiger partial charge on any atom is -0.318 e. The van der Waals surface area contributed by atoms with Crippen LogP contribution in [0.5, 0.6) is 0 Å². The molecule has 0 aliphatic heterocycles. The number of nitrogens with two attached hydrogens (primary N) is 1. The summed E-state index contributed by atoms with van der Waals surface area (Å²) in [5.41, 5.74) is 12.6. The van der Waals surface area contributed by atoms with Crippen molar-refractivity contribution in [2.45, 2.75) is 20.8 Å². The van der Waals surface area contributed by atoms with Crippen LogP contribution in [-0.4, -0.2) is 16.2 Å². The maximum atomic E-state index is 9.29. The maximum absolute atomic E-state index is 9.29. The lowest BCUT2D eigenvalue weighted by Gasteiger charge is -2.17. The standard InChI is InChI=1S/C24H22N4/c1-16-9-7-8-12-21(16)24(27)28(23(26)20-10-5-4-6-11-20)22-17(2)13-19(15-25)14-18(22)3/h4-14,26-27H,1-3H3/p+1. The van der Waals surface area contributed by atoms with Crippen molar-refractivity contribution in [2.75, 3.05) is 0 Å². The monoisotopic (exact) mass is 367 g/mol. The van der Waals surface area contributed by atoms with E-state index in [1.54, 1.807) is 4.58 Å². The summed E-state index contributed by atoms with van der Waals surface area (Å²) in [7, 11) is 0. The Morgan fingerprint density at radius 2 is 1.46 bits per heavy atom. The number of nitrogens with one attached hydrogen (secondary N) is 1. The molecule has 4 nitrogen and oxygen atoms in total. The first-order valence-corrected chi connectivity index (χ1v) is 9.08. The Bertz CT molecular complexity index is 1100. The van der Waals surface area contributed by atoms with Crippen LogP contribution in [0.2, 0.25) is 0 Å². The van der Waals surface area contributed by atoms with Crippen molar-refractivity contribution in [2.24, 2.45) is 5.73 Å². The van der Waals surface area contributed by atoms with Crippen molar-refractivity contribution in [3.05, 3.63) is 100 Å². The minimum atomic E-state index is 0.289. The van der Waals surface area contributed by atoms with Gasteiger partial charge in [0.25, 0.3) is 5.84 Å². The van der Waals surface area contributed by atoms with Gasteiger partial charge in [0, 0.05) is 0 Å². The van der Waals surface area contributed by atoms with Gasteiger partial charge in [-0.2, -0.15) is 15.2 Å². The SMILES string of the molecule is Cc1ccccc1C(N)=[N+](C(=N)c1ccccc1)c1c(C)cc(C#N)cc1C. The van der Waals surface area contributed by atoms with Gasteiger partial charge in [-0.1, -0.05) is 36.4 Å². The molecule has 0 unspecified atom stereocenters. The van der Waals surface area contributed by atoms with Crippen molar-refractivity contribution in [3.63, 3.8) is 0 Å². The summed E-state index contributed by atoms with van der Waals surface area (Å²) in [4.78, 5) is 0. The first-order valence-electron chi connectivity index (χ1n) is 9.08. The molecule has 0 bridgehead atoms. The minimum absolute atomic E-state index is 0.289. The smallest absolute Gasteiger partial charge is 0.266 e. The van der Waals surface area contributed by atoms with Gasteiger partial charge in [-0.15, -0.1) is 0 Å². The van der Waals surface area contributed by atoms with Gasteiger partial charge < -0.3 is 5.73 Å². The first-order chi connectivity index (χ1) is 13.4. The van der Waals surface area contributed by atoms with Crippen LogP contribution >= 0.6 is 0 Å². The first kappa shape index (κ1) is 19.1. The molecule has 0 saturated heterocycles. The summed E-state index contributed by atoms with van der Waals surface area (Å²) < 4.78 is 1.78. The van der Waals surface area contributed by atoms with Crippen molar-refractivity contribution in [1.29, 1.82) is 10.7 Å². The summed E-state index contributed by atoms with van der Waals surface area (Å²) in [6, 6.07) is 23.3. The number of nitrogens with zero attached hydrogens (tertiary/aromatic N) is 2. The van der Waals surface area contributed by atoms with Gasteiger partial charge in [-0.05, 0) is 67.8 Å². The van der Waals surface area contributed by atoms with E-state index >= 15 is 0 Å². The second-order valence-corrected chi connectivity index (χ2v) is 6.82. The Labute approximate surface area is 165 Å². The van der Waals surface area contributed by atoms with Gasteiger partial charge in [0.15, 0.2) is 0 Å². The number of aryl methyl sites for hydroxylation is 3. The predicted molar refractivity (Wildman–Crippen MR) is 113 cm³/mol. The molecule has 0 aliphatic rings. The molecule has 0 fully saturated rings. The average Bonchev–Trinajstić information content (AvgIpc) is 2.70. The highest BCUT2D eigenvalue weighted by Crippen LogP contribution is 2.27. The Hall–Kier alpha value is -3.71. The van der Waals surface area contributed by atoms with E-state index in [0.29, 0.717) is 11.4 Å². The van der Waals surface area contributed by atoms with E-state index in [1.807, 2.05) is 87.5 Å². The molecule has 0 heterocycles. The number of hydrogen-bond acceptors (Lipinski definition) is 2. The van der Waals surface area contributed by atoms with Crippen molar-refractivity contribution >= 4 is 17.4 Å². The lowest BCUT2D eigenvalue weighted by atomic mass is 10.0. The zero-order valence-electron chi connectivity index (χ0n) is 16.3. The number of rotatable bonds is 3. The molecule has 0 atom stereocenters. The zero-order chi connectivity index (χ0) is 20.3. The summed E-state index contributed by atoms with van der Waals surface area (Å²) in [5.74, 6) is 0.778. The summed E-state index contributed by atoms with van der Waals surface area (Å²) in [5, 5.41) is 18.2. The van der Waals surface area contributed by atoms with E-state index in [2.05, 4.69) is 6.07 Å². The molecule has 0 aromatic heterocycles. The molecule has 28 heavy (non-hydrogen) atoms. The third-order valence-electron chi connectivity index (χ3n) is 4.78. The quantitative estimate of drug-likeness (QED) is 0.404. The fourth-order valence-corrected chi connectivity index (χ4v) is 3.43. The van der Waals surface area contributed by atoms with Gasteiger partial charge in [0.05, 0.1) is 22.8 Å². The van der Waals surface area contributed by atoms with E-state index in [-0.39, 0.29) is 5.84 Å². The molecule has 3 rings (SSSR count). The van der Waals surface area contributed by atoms with Crippen LogP contribution in [0.3, 0.4) is 0 Å².